The summed E-state index contributed by atoms with van der Waals surface area (Å²) in [5.41, 5.74) is 1.42. The molecule has 4 rings (SSSR count). The summed E-state index contributed by atoms with van der Waals surface area (Å²) in [7, 11) is 0. The smallest absolute Gasteiger partial charge is 0.256 e. The molecule has 1 amide bonds. The van der Waals surface area contributed by atoms with Crippen LogP contribution in [0.25, 0.3) is 21.7 Å². The van der Waals surface area contributed by atoms with Crippen molar-refractivity contribution in [1.82, 2.24) is 9.88 Å². The van der Waals surface area contributed by atoms with Crippen molar-refractivity contribution in [3.8, 4) is 0 Å². The average Bonchev–Trinajstić information content (AvgIpc) is 2.72. The van der Waals surface area contributed by atoms with Crippen molar-refractivity contribution in [1.29, 1.82) is 0 Å². The monoisotopic (exact) mass is 348 g/mol. The standard InChI is InChI=1S/C22H24N2O2/c1-2-22(15-25)9-12-24(13-10-22)21(26)19-14-16-6-3-4-7-17(16)18-8-5-11-23-20(18)19/h3-8,11,14,25H,2,9-10,12-13,15H2,1H3. The zero-order chi connectivity index (χ0) is 18.1. The number of benzene rings is 2. The number of fused-ring (bicyclic) bond motifs is 3. The van der Waals surface area contributed by atoms with Gasteiger partial charge in [-0.2, -0.15) is 0 Å². The molecule has 0 spiro atoms. The highest BCUT2D eigenvalue weighted by Gasteiger charge is 2.34. The van der Waals surface area contributed by atoms with E-state index in [1.165, 1.54) is 0 Å². The third kappa shape index (κ3) is 2.74. The largest absolute Gasteiger partial charge is 0.396 e. The van der Waals surface area contributed by atoms with Crippen LogP contribution in [0.15, 0.2) is 48.7 Å². The van der Waals surface area contributed by atoms with Gasteiger partial charge in [0.15, 0.2) is 0 Å². The SMILES string of the molecule is CCC1(CO)CCN(C(=O)c2cc3ccccc3c3cccnc23)CC1. The van der Waals surface area contributed by atoms with E-state index in [1.54, 1.807) is 6.20 Å². The molecule has 2 heterocycles. The van der Waals surface area contributed by atoms with Crippen LogP contribution in [0.4, 0.5) is 0 Å². The lowest BCUT2D eigenvalue weighted by molar-refractivity contribution is 0.0339. The van der Waals surface area contributed by atoms with Crippen LogP contribution in [-0.2, 0) is 0 Å². The van der Waals surface area contributed by atoms with Gasteiger partial charge in [0, 0.05) is 31.3 Å². The van der Waals surface area contributed by atoms with Crippen molar-refractivity contribution in [3.05, 3.63) is 54.2 Å². The van der Waals surface area contributed by atoms with Gasteiger partial charge in [0.1, 0.15) is 0 Å². The molecule has 0 saturated carbocycles. The van der Waals surface area contributed by atoms with Crippen molar-refractivity contribution in [2.24, 2.45) is 5.41 Å². The molecule has 0 radical (unpaired) electrons. The molecule has 4 nitrogen and oxygen atoms in total. The molecule has 0 atom stereocenters. The number of aliphatic hydroxyl groups is 1. The maximum absolute atomic E-state index is 13.3. The average molecular weight is 348 g/mol. The molecular formula is C22H24N2O2. The minimum Gasteiger partial charge on any atom is -0.396 e. The maximum Gasteiger partial charge on any atom is 0.256 e. The van der Waals surface area contributed by atoms with Gasteiger partial charge < -0.3 is 10.0 Å². The highest BCUT2D eigenvalue weighted by molar-refractivity contribution is 6.15. The summed E-state index contributed by atoms with van der Waals surface area (Å²) in [5.74, 6) is 0.0436. The highest BCUT2D eigenvalue weighted by atomic mass is 16.3. The van der Waals surface area contributed by atoms with Crippen LogP contribution in [-0.4, -0.2) is 40.6 Å². The van der Waals surface area contributed by atoms with Crippen LogP contribution in [0.2, 0.25) is 0 Å². The molecule has 1 fully saturated rings. The summed E-state index contributed by atoms with van der Waals surface area (Å²) in [4.78, 5) is 19.7. The summed E-state index contributed by atoms with van der Waals surface area (Å²) in [6, 6.07) is 14.1. The Morgan fingerprint density at radius 1 is 1.15 bits per heavy atom. The van der Waals surface area contributed by atoms with E-state index in [-0.39, 0.29) is 17.9 Å². The molecule has 0 unspecified atom stereocenters. The summed E-state index contributed by atoms with van der Waals surface area (Å²) in [6.45, 7) is 3.70. The van der Waals surface area contributed by atoms with E-state index in [9.17, 15) is 9.90 Å². The van der Waals surface area contributed by atoms with Crippen molar-refractivity contribution < 1.29 is 9.90 Å². The van der Waals surface area contributed by atoms with Gasteiger partial charge in [-0.05, 0) is 47.6 Å². The van der Waals surface area contributed by atoms with E-state index in [1.807, 2.05) is 41.3 Å². The molecule has 1 saturated heterocycles. The zero-order valence-corrected chi connectivity index (χ0v) is 15.1. The number of likely N-dealkylation sites (tertiary alicyclic amines) is 1. The Kier molecular flexibility index (Phi) is 4.37. The van der Waals surface area contributed by atoms with Gasteiger partial charge in [0.2, 0.25) is 0 Å². The zero-order valence-electron chi connectivity index (χ0n) is 15.1. The van der Waals surface area contributed by atoms with Crippen LogP contribution in [0, 0.1) is 5.41 Å². The molecular weight excluding hydrogens is 324 g/mol. The Balaban J connectivity index is 1.73. The first kappa shape index (κ1) is 17.0. The number of aliphatic hydroxyl groups excluding tert-OH is 1. The van der Waals surface area contributed by atoms with Gasteiger partial charge in [0.05, 0.1) is 11.1 Å². The fraction of sp³-hybridized carbons (Fsp3) is 0.364. The number of aromatic nitrogens is 1. The second-order valence-corrected chi connectivity index (χ2v) is 7.35. The number of rotatable bonds is 3. The van der Waals surface area contributed by atoms with Crippen LogP contribution in [0.1, 0.15) is 36.5 Å². The third-order valence-electron chi connectivity index (χ3n) is 6.04. The van der Waals surface area contributed by atoms with Crippen molar-refractivity contribution in [3.63, 3.8) is 0 Å². The van der Waals surface area contributed by atoms with E-state index < -0.39 is 0 Å². The quantitative estimate of drug-likeness (QED) is 0.728. The molecule has 1 aromatic heterocycles. The number of nitrogens with zero attached hydrogens (tertiary/aromatic N) is 2. The molecule has 2 aromatic carbocycles. The predicted octanol–water partition coefficient (Wildman–Crippen LogP) is 4.01. The summed E-state index contributed by atoms with van der Waals surface area (Å²) in [6.07, 6.45) is 4.40. The number of pyridine rings is 1. The second-order valence-electron chi connectivity index (χ2n) is 7.35. The van der Waals surface area contributed by atoms with E-state index in [0.717, 1.165) is 40.9 Å². The molecule has 26 heavy (non-hydrogen) atoms. The summed E-state index contributed by atoms with van der Waals surface area (Å²) < 4.78 is 0. The van der Waals surface area contributed by atoms with Crippen LogP contribution in [0.3, 0.4) is 0 Å². The maximum atomic E-state index is 13.3. The van der Waals surface area contributed by atoms with Gasteiger partial charge in [-0.1, -0.05) is 37.3 Å². The number of amides is 1. The van der Waals surface area contributed by atoms with E-state index in [4.69, 9.17) is 0 Å². The highest BCUT2D eigenvalue weighted by Crippen LogP contribution is 2.35. The van der Waals surface area contributed by atoms with Gasteiger partial charge in [-0.25, -0.2) is 0 Å². The van der Waals surface area contributed by atoms with E-state index >= 15 is 0 Å². The molecule has 1 aliphatic rings. The first-order valence-electron chi connectivity index (χ1n) is 9.34. The lowest BCUT2D eigenvalue weighted by Gasteiger charge is -2.40. The minimum atomic E-state index is -0.0273. The number of hydrogen-bond donors (Lipinski definition) is 1. The van der Waals surface area contributed by atoms with Gasteiger partial charge in [0.25, 0.3) is 5.91 Å². The van der Waals surface area contributed by atoms with Gasteiger partial charge in [-0.15, -0.1) is 0 Å². The summed E-state index contributed by atoms with van der Waals surface area (Å²) >= 11 is 0. The van der Waals surface area contributed by atoms with E-state index in [0.29, 0.717) is 18.7 Å². The van der Waals surface area contributed by atoms with E-state index in [2.05, 4.69) is 18.0 Å². The Hall–Kier alpha value is -2.46. The van der Waals surface area contributed by atoms with Gasteiger partial charge in [-0.3, -0.25) is 9.78 Å². The molecule has 3 aromatic rings. The third-order valence-corrected chi connectivity index (χ3v) is 6.04. The van der Waals surface area contributed by atoms with Crippen molar-refractivity contribution in [2.45, 2.75) is 26.2 Å². The normalized spacial score (nSPS) is 16.9. The van der Waals surface area contributed by atoms with Crippen LogP contribution >= 0.6 is 0 Å². The van der Waals surface area contributed by atoms with Crippen molar-refractivity contribution in [2.75, 3.05) is 19.7 Å². The predicted molar refractivity (Wildman–Crippen MR) is 104 cm³/mol. The molecule has 134 valence electrons. The minimum absolute atomic E-state index is 0.0273. The molecule has 1 aliphatic heterocycles. The fourth-order valence-electron chi connectivity index (χ4n) is 4.07. The first-order valence-corrected chi connectivity index (χ1v) is 9.34. The Morgan fingerprint density at radius 2 is 1.88 bits per heavy atom. The summed E-state index contributed by atoms with van der Waals surface area (Å²) in [5, 5.41) is 12.9. The van der Waals surface area contributed by atoms with Crippen LogP contribution < -0.4 is 0 Å². The Morgan fingerprint density at radius 3 is 2.62 bits per heavy atom. The number of hydrogen-bond acceptors (Lipinski definition) is 3. The molecule has 4 heteroatoms. The molecule has 0 bridgehead atoms. The lowest BCUT2D eigenvalue weighted by atomic mass is 9.77. The van der Waals surface area contributed by atoms with Crippen LogP contribution in [0.5, 0.6) is 0 Å². The first-order chi connectivity index (χ1) is 12.7. The second kappa shape index (κ2) is 6.69. The fourth-order valence-corrected chi connectivity index (χ4v) is 4.07. The number of piperidine rings is 1. The van der Waals surface area contributed by atoms with Crippen molar-refractivity contribution >= 4 is 27.6 Å². The van der Waals surface area contributed by atoms with Gasteiger partial charge >= 0.3 is 0 Å². The number of carbonyl (C=O) groups excluding carboxylic acids is 1. The number of carbonyl (C=O) groups is 1. The lowest BCUT2D eigenvalue weighted by Crippen LogP contribution is -2.44. The Labute approximate surface area is 153 Å². The Bertz CT molecular complexity index is 953. The molecule has 0 aliphatic carbocycles. The topological polar surface area (TPSA) is 53.4 Å². The molecule has 1 N–H and O–H groups in total.